The zero-order chi connectivity index (χ0) is 20.2. The molecule has 0 spiro atoms. The molecule has 0 N–H and O–H groups in total. The first-order valence-corrected chi connectivity index (χ1v) is 12.1. The number of carbonyl (C=O) groups is 1. The van der Waals surface area contributed by atoms with E-state index < -0.39 is 5.97 Å². The van der Waals surface area contributed by atoms with Gasteiger partial charge in [0.05, 0.1) is 0 Å². The normalized spacial score (nSPS) is 12.1. The van der Waals surface area contributed by atoms with Crippen LogP contribution in [-0.4, -0.2) is 30.0 Å². The van der Waals surface area contributed by atoms with E-state index in [2.05, 4.69) is 25.7 Å². The Balaban J connectivity index is 0. The number of rotatable bonds is 21. The van der Waals surface area contributed by atoms with Gasteiger partial charge in [0, 0.05) is 18.4 Å². The third kappa shape index (κ3) is 19.7. The van der Waals surface area contributed by atoms with Gasteiger partial charge in [-0.1, -0.05) is 104 Å². The second kappa shape index (κ2) is 23.7. The summed E-state index contributed by atoms with van der Waals surface area (Å²) >= 11 is 0. The molecule has 0 rings (SSSR count). The summed E-state index contributed by atoms with van der Waals surface area (Å²) in [5, 5.41) is 11.2. The number of nitrogens with zero attached hydrogens (tertiary/aromatic N) is 1. The number of hydrogen-bond acceptors (Lipinski definition) is 3. The Labute approximate surface area is 198 Å². The zero-order valence-corrected chi connectivity index (χ0v) is 21.8. The summed E-state index contributed by atoms with van der Waals surface area (Å²) in [5.41, 5.74) is 0. The fourth-order valence-electron chi connectivity index (χ4n) is 3.96. The Hall–Kier alpha value is 0.430. The molecule has 0 fully saturated rings. The van der Waals surface area contributed by atoms with E-state index in [0.29, 0.717) is 0 Å². The molecule has 0 aliphatic rings. The Kier molecular flexibility index (Phi) is 25.9. The van der Waals surface area contributed by atoms with E-state index in [1.54, 1.807) is 0 Å². The summed E-state index contributed by atoms with van der Waals surface area (Å²) in [7, 11) is 0. The van der Waals surface area contributed by atoms with Crippen LogP contribution in [0.15, 0.2) is 0 Å². The quantitative estimate of drug-likeness (QED) is 0.218. The molecule has 0 saturated heterocycles. The van der Waals surface area contributed by atoms with Crippen LogP contribution in [-0.2, 0) is 4.79 Å². The van der Waals surface area contributed by atoms with Gasteiger partial charge < -0.3 is 14.8 Å². The second-order valence-corrected chi connectivity index (χ2v) is 8.30. The molecular formula is C24H48NNaO2. The first-order valence-electron chi connectivity index (χ1n) is 12.1. The molecule has 3 nitrogen and oxygen atoms in total. The summed E-state index contributed by atoms with van der Waals surface area (Å²) in [5.74, 6) is -0.891. The van der Waals surface area contributed by atoms with E-state index in [1.165, 1.54) is 89.9 Å². The number of carboxylic acid groups (broad SMARTS) is 1. The van der Waals surface area contributed by atoms with Crippen molar-refractivity contribution in [3.8, 4) is 0 Å². The standard InChI is InChI=1S/C24H49NO2.Na/c1-4-7-9-11-13-15-17-20-25(23(19-6-3)22-24(26)27)21-18-16-14-12-10-8-5-2;/h23H,4-22H2,1-3H3,(H,26,27);/q;+1/p-1. The summed E-state index contributed by atoms with van der Waals surface area (Å²) in [6.07, 6.45) is 20.6. The summed E-state index contributed by atoms with van der Waals surface area (Å²) < 4.78 is 0. The van der Waals surface area contributed by atoms with E-state index in [1.807, 2.05) is 0 Å². The first kappa shape index (κ1) is 30.6. The van der Waals surface area contributed by atoms with E-state index in [-0.39, 0.29) is 42.0 Å². The first-order chi connectivity index (χ1) is 13.2. The van der Waals surface area contributed by atoms with Gasteiger partial charge in [-0.25, -0.2) is 0 Å². The number of carbonyl (C=O) groups excluding carboxylic acids is 1. The van der Waals surface area contributed by atoms with Crippen molar-refractivity contribution in [1.29, 1.82) is 0 Å². The van der Waals surface area contributed by atoms with E-state index in [0.717, 1.165) is 25.9 Å². The van der Waals surface area contributed by atoms with Crippen LogP contribution in [0.4, 0.5) is 0 Å². The maximum absolute atomic E-state index is 11.2. The van der Waals surface area contributed by atoms with Crippen LogP contribution >= 0.6 is 0 Å². The van der Waals surface area contributed by atoms with Crippen LogP contribution in [0.2, 0.25) is 0 Å². The predicted molar refractivity (Wildman–Crippen MR) is 116 cm³/mol. The summed E-state index contributed by atoms with van der Waals surface area (Å²) in [4.78, 5) is 13.7. The van der Waals surface area contributed by atoms with Crippen molar-refractivity contribution in [1.82, 2.24) is 4.90 Å². The largest absolute Gasteiger partial charge is 1.00 e. The van der Waals surface area contributed by atoms with Crippen molar-refractivity contribution in [3.63, 3.8) is 0 Å². The zero-order valence-electron chi connectivity index (χ0n) is 19.8. The summed E-state index contributed by atoms with van der Waals surface area (Å²) in [6.45, 7) is 8.78. The third-order valence-corrected chi connectivity index (χ3v) is 5.64. The molecule has 0 heterocycles. The predicted octanol–water partition coefficient (Wildman–Crippen LogP) is 3.10. The minimum Gasteiger partial charge on any atom is -0.550 e. The molecule has 162 valence electrons. The van der Waals surface area contributed by atoms with E-state index >= 15 is 0 Å². The van der Waals surface area contributed by atoms with Gasteiger partial charge >= 0.3 is 29.6 Å². The Morgan fingerprint density at radius 3 is 1.43 bits per heavy atom. The Morgan fingerprint density at radius 2 is 1.07 bits per heavy atom. The molecule has 28 heavy (non-hydrogen) atoms. The van der Waals surface area contributed by atoms with E-state index in [9.17, 15) is 9.90 Å². The van der Waals surface area contributed by atoms with Crippen molar-refractivity contribution >= 4 is 5.97 Å². The average molecular weight is 406 g/mol. The molecular weight excluding hydrogens is 357 g/mol. The molecule has 0 aromatic rings. The number of aliphatic carboxylic acids is 1. The van der Waals surface area contributed by atoms with Crippen molar-refractivity contribution < 1.29 is 39.5 Å². The third-order valence-electron chi connectivity index (χ3n) is 5.64. The maximum atomic E-state index is 11.2. The van der Waals surface area contributed by atoms with Gasteiger partial charge in [0.15, 0.2) is 0 Å². The van der Waals surface area contributed by atoms with Gasteiger partial charge in [-0.15, -0.1) is 0 Å². The molecule has 0 radical (unpaired) electrons. The van der Waals surface area contributed by atoms with Crippen molar-refractivity contribution in [2.45, 2.75) is 136 Å². The smallest absolute Gasteiger partial charge is 0.550 e. The average Bonchev–Trinajstić information content (AvgIpc) is 2.64. The monoisotopic (exact) mass is 405 g/mol. The number of hydrogen-bond donors (Lipinski definition) is 0. The topological polar surface area (TPSA) is 43.4 Å². The van der Waals surface area contributed by atoms with Crippen molar-refractivity contribution in [2.24, 2.45) is 0 Å². The van der Waals surface area contributed by atoms with Gasteiger partial charge in [-0.05, 0) is 32.4 Å². The number of unbranched alkanes of at least 4 members (excludes halogenated alkanes) is 12. The maximum Gasteiger partial charge on any atom is 1.00 e. The Bertz CT molecular complexity index is 308. The molecule has 1 unspecified atom stereocenters. The summed E-state index contributed by atoms with van der Waals surface area (Å²) in [6, 6.07) is 0.167. The van der Waals surface area contributed by atoms with Crippen molar-refractivity contribution in [2.75, 3.05) is 13.1 Å². The molecule has 0 aromatic heterocycles. The molecule has 1 atom stereocenters. The SMILES string of the molecule is CCCCCCCCCN(CCCCCCCCC)C(CCC)CC(=O)[O-].[Na+]. The molecule has 4 heteroatoms. The van der Waals surface area contributed by atoms with Gasteiger partial charge in [0.1, 0.15) is 0 Å². The number of carboxylic acids is 1. The van der Waals surface area contributed by atoms with Gasteiger partial charge in [-0.3, -0.25) is 0 Å². The van der Waals surface area contributed by atoms with Crippen molar-refractivity contribution in [3.05, 3.63) is 0 Å². The fourth-order valence-corrected chi connectivity index (χ4v) is 3.96. The van der Waals surface area contributed by atoms with Gasteiger partial charge in [0.2, 0.25) is 0 Å². The van der Waals surface area contributed by atoms with Crippen LogP contribution in [0.1, 0.15) is 130 Å². The van der Waals surface area contributed by atoms with Gasteiger partial charge in [-0.2, -0.15) is 0 Å². The molecule has 0 bridgehead atoms. The molecule has 0 saturated carbocycles. The van der Waals surface area contributed by atoms with Crippen LogP contribution in [0.3, 0.4) is 0 Å². The Morgan fingerprint density at radius 1 is 0.679 bits per heavy atom. The van der Waals surface area contributed by atoms with Crippen LogP contribution in [0, 0.1) is 0 Å². The molecule has 0 amide bonds. The molecule has 0 aromatic carbocycles. The van der Waals surface area contributed by atoms with Gasteiger partial charge in [0.25, 0.3) is 0 Å². The van der Waals surface area contributed by atoms with Crippen LogP contribution in [0.5, 0.6) is 0 Å². The van der Waals surface area contributed by atoms with Crippen LogP contribution < -0.4 is 34.7 Å². The second-order valence-electron chi connectivity index (χ2n) is 8.30. The van der Waals surface area contributed by atoms with Crippen LogP contribution in [0.25, 0.3) is 0 Å². The molecule has 0 aliphatic heterocycles. The minimum absolute atomic E-state index is 0. The fraction of sp³-hybridized carbons (Fsp3) is 0.958. The minimum atomic E-state index is -0.891. The molecule has 0 aliphatic carbocycles. The van der Waals surface area contributed by atoms with E-state index in [4.69, 9.17) is 0 Å².